The van der Waals surface area contributed by atoms with Crippen molar-refractivity contribution in [2.75, 3.05) is 5.75 Å². The Balaban J connectivity index is 2.54. The highest BCUT2D eigenvalue weighted by Gasteiger charge is 2.21. The number of rotatable bonds is 6. The third-order valence-corrected chi connectivity index (χ3v) is 3.97. The molecule has 0 amide bonds. The van der Waals surface area contributed by atoms with Gasteiger partial charge in [0.25, 0.3) is 0 Å². The minimum absolute atomic E-state index is 0.0204. The summed E-state index contributed by atoms with van der Waals surface area (Å²) >= 11 is 1.26. The van der Waals surface area contributed by atoms with Gasteiger partial charge in [0.1, 0.15) is 5.52 Å². The van der Waals surface area contributed by atoms with Gasteiger partial charge in [0.15, 0.2) is 10.8 Å². The number of carbonyl (C=O) groups is 1. The zero-order valence-electron chi connectivity index (χ0n) is 12.3. The summed E-state index contributed by atoms with van der Waals surface area (Å²) in [5, 5.41) is 14.1. The van der Waals surface area contributed by atoms with Gasteiger partial charge in [-0.2, -0.15) is 5.10 Å². The van der Waals surface area contributed by atoms with Crippen LogP contribution in [0.2, 0.25) is 0 Å². The van der Waals surface area contributed by atoms with Gasteiger partial charge in [0.2, 0.25) is 0 Å². The highest BCUT2D eigenvalue weighted by Crippen LogP contribution is 2.29. The van der Waals surface area contributed by atoms with Crippen molar-refractivity contribution in [3.8, 4) is 0 Å². The molecule has 2 aromatic heterocycles. The van der Waals surface area contributed by atoms with Crippen LogP contribution in [0.4, 0.5) is 0 Å². The van der Waals surface area contributed by atoms with Crippen LogP contribution in [0.1, 0.15) is 38.9 Å². The fourth-order valence-electron chi connectivity index (χ4n) is 2.28. The van der Waals surface area contributed by atoms with Crippen molar-refractivity contribution >= 4 is 28.9 Å². The maximum absolute atomic E-state index is 10.8. The molecule has 7 heteroatoms. The zero-order valence-corrected chi connectivity index (χ0v) is 13.1. The molecule has 0 unspecified atom stereocenters. The first-order valence-electron chi connectivity index (χ1n) is 6.74. The van der Waals surface area contributed by atoms with Crippen LogP contribution in [-0.2, 0) is 18.3 Å². The Morgan fingerprint density at radius 2 is 2.15 bits per heavy atom. The van der Waals surface area contributed by atoms with Crippen LogP contribution in [0.15, 0.2) is 5.16 Å². The Bertz CT molecular complexity index is 630. The number of aromatic nitrogens is 4. The largest absolute Gasteiger partial charge is 0.481 e. The van der Waals surface area contributed by atoms with Crippen LogP contribution in [0.5, 0.6) is 0 Å². The molecule has 1 N–H and O–H groups in total. The lowest BCUT2D eigenvalue weighted by Gasteiger charge is -2.12. The minimum atomic E-state index is -0.829. The monoisotopic (exact) mass is 296 g/mol. The summed E-state index contributed by atoms with van der Waals surface area (Å²) in [5.74, 6) is -0.809. The summed E-state index contributed by atoms with van der Waals surface area (Å²) in [6.45, 7) is 6.25. The summed E-state index contributed by atoms with van der Waals surface area (Å²) in [4.78, 5) is 15.4. The van der Waals surface area contributed by atoms with Gasteiger partial charge in [-0.3, -0.25) is 9.48 Å². The fraction of sp³-hybridized carbons (Fsp3) is 0.615. The molecule has 0 bridgehead atoms. The third-order valence-electron chi connectivity index (χ3n) is 3.03. The Morgan fingerprint density at radius 1 is 1.45 bits per heavy atom. The predicted molar refractivity (Wildman–Crippen MR) is 79.2 cm³/mol. The smallest absolute Gasteiger partial charge is 0.313 e. The van der Waals surface area contributed by atoms with Crippen molar-refractivity contribution in [1.29, 1.82) is 0 Å². The first-order valence-corrected chi connectivity index (χ1v) is 7.72. The Labute approximate surface area is 122 Å². The second kappa shape index (κ2) is 5.87. The molecule has 0 aliphatic carbocycles. The van der Waals surface area contributed by atoms with E-state index in [2.05, 4.69) is 35.4 Å². The maximum atomic E-state index is 10.8. The van der Waals surface area contributed by atoms with Crippen LogP contribution in [-0.4, -0.2) is 36.2 Å². The molecule has 0 aliphatic rings. The van der Waals surface area contributed by atoms with E-state index < -0.39 is 5.97 Å². The number of fused-ring (bicyclic) bond motifs is 1. The first kappa shape index (κ1) is 14.9. The van der Waals surface area contributed by atoms with Crippen molar-refractivity contribution in [1.82, 2.24) is 19.3 Å². The van der Waals surface area contributed by atoms with Gasteiger partial charge in [-0.05, 0) is 20.3 Å². The molecule has 20 heavy (non-hydrogen) atoms. The van der Waals surface area contributed by atoms with Crippen LogP contribution >= 0.6 is 11.8 Å². The molecule has 2 aromatic rings. The predicted octanol–water partition coefficient (Wildman–Crippen LogP) is 2.48. The summed E-state index contributed by atoms with van der Waals surface area (Å²) in [7, 11) is 1.91. The number of aryl methyl sites for hydroxylation is 2. The number of hydrogen-bond acceptors (Lipinski definition) is 4. The lowest BCUT2D eigenvalue weighted by Crippen LogP contribution is -2.08. The number of aliphatic carboxylic acids is 1. The molecular weight excluding hydrogens is 276 g/mol. The summed E-state index contributed by atoms with van der Waals surface area (Å²) < 4.78 is 3.91. The highest BCUT2D eigenvalue weighted by atomic mass is 32.2. The van der Waals surface area contributed by atoms with Crippen LogP contribution in [0.25, 0.3) is 11.2 Å². The van der Waals surface area contributed by atoms with Gasteiger partial charge >= 0.3 is 5.97 Å². The first-order chi connectivity index (χ1) is 9.45. The van der Waals surface area contributed by atoms with Crippen LogP contribution < -0.4 is 0 Å². The van der Waals surface area contributed by atoms with Crippen molar-refractivity contribution in [3.63, 3.8) is 0 Å². The number of imidazole rings is 1. The van der Waals surface area contributed by atoms with Gasteiger partial charge in [0, 0.05) is 13.1 Å². The minimum Gasteiger partial charge on any atom is -0.481 e. The second-order valence-corrected chi connectivity index (χ2v) is 5.98. The van der Waals surface area contributed by atoms with E-state index in [1.807, 2.05) is 11.7 Å². The highest BCUT2D eigenvalue weighted by molar-refractivity contribution is 7.99. The normalized spacial score (nSPS) is 11.7. The van der Waals surface area contributed by atoms with E-state index in [1.165, 1.54) is 11.8 Å². The van der Waals surface area contributed by atoms with E-state index in [-0.39, 0.29) is 11.8 Å². The van der Waals surface area contributed by atoms with Gasteiger partial charge in [-0.1, -0.05) is 25.1 Å². The molecule has 0 aliphatic heterocycles. The van der Waals surface area contributed by atoms with E-state index in [0.29, 0.717) is 0 Å². The molecule has 0 saturated carbocycles. The third kappa shape index (κ3) is 2.67. The Kier molecular flexibility index (Phi) is 4.37. The molecule has 0 saturated heterocycles. The molecule has 0 atom stereocenters. The number of hydrogen-bond donors (Lipinski definition) is 1. The number of thioether (sulfide) groups is 1. The van der Waals surface area contributed by atoms with Crippen LogP contribution in [0, 0.1) is 0 Å². The standard InChI is InChI=1S/C13H20N4O2S/c1-5-6-9-11-12(16(4)15-9)17(8(2)3)13(14-11)20-7-10(18)19/h8H,5-7H2,1-4H3,(H,18,19). The van der Waals surface area contributed by atoms with Crippen molar-refractivity contribution in [2.45, 2.75) is 44.8 Å². The summed E-state index contributed by atoms with van der Waals surface area (Å²) in [6, 6.07) is 0.209. The quantitative estimate of drug-likeness (QED) is 0.829. The van der Waals surface area contributed by atoms with E-state index in [1.54, 1.807) is 0 Å². The molecule has 2 heterocycles. The van der Waals surface area contributed by atoms with Crippen molar-refractivity contribution in [2.24, 2.45) is 7.05 Å². The molecule has 2 rings (SSSR count). The number of carboxylic acids is 1. The van der Waals surface area contributed by atoms with Crippen molar-refractivity contribution in [3.05, 3.63) is 5.69 Å². The van der Waals surface area contributed by atoms with E-state index in [9.17, 15) is 4.79 Å². The Hall–Kier alpha value is -1.50. The maximum Gasteiger partial charge on any atom is 0.313 e. The molecule has 0 fully saturated rings. The van der Waals surface area contributed by atoms with Crippen molar-refractivity contribution < 1.29 is 9.90 Å². The average molecular weight is 296 g/mol. The van der Waals surface area contributed by atoms with Crippen LogP contribution in [0.3, 0.4) is 0 Å². The summed E-state index contributed by atoms with van der Waals surface area (Å²) in [5.41, 5.74) is 2.86. The van der Waals surface area contributed by atoms with Gasteiger partial charge in [-0.15, -0.1) is 0 Å². The molecular formula is C13H20N4O2S. The lowest BCUT2D eigenvalue weighted by atomic mass is 10.2. The van der Waals surface area contributed by atoms with Gasteiger partial charge in [0.05, 0.1) is 11.4 Å². The van der Waals surface area contributed by atoms with E-state index in [4.69, 9.17) is 5.11 Å². The molecule has 0 spiro atoms. The van der Waals surface area contributed by atoms with Gasteiger partial charge in [-0.25, -0.2) is 4.98 Å². The van der Waals surface area contributed by atoms with Gasteiger partial charge < -0.3 is 9.67 Å². The second-order valence-electron chi connectivity index (χ2n) is 5.03. The topological polar surface area (TPSA) is 72.9 Å². The number of carboxylic acid groups (broad SMARTS) is 1. The number of nitrogens with zero attached hydrogens (tertiary/aromatic N) is 4. The molecule has 0 radical (unpaired) electrons. The van der Waals surface area contributed by atoms with E-state index >= 15 is 0 Å². The molecule has 6 nitrogen and oxygen atoms in total. The Morgan fingerprint density at radius 3 is 2.70 bits per heavy atom. The fourth-order valence-corrected chi connectivity index (χ4v) is 3.13. The van der Waals surface area contributed by atoms with E-state index in [0.717, 1.165) is 34.9 Å². The average Bonchev–Trinajstić information content (AvgIpc) is 2.86. The summed E-state index contributed by atoms with van der Waals surface area (Å²) in [6.07, 6.45) is 1.90. The molecule has 0 aromatic carbocycles. The SMILES string of the molecule is CCCc1nn(C)c2c1nc(SCC(=O)O)n2C(C)C. The lowest BCUT2D eigenvalue weighted by molar-refractivity contribution is -0.133. The molecule has 110 valence electrons. The zero-order chi connectivity index (χ0) is 14.9.